The van der Waals surface area contributed by atoms with Gasteiger partial charge in [-0.15, -0.1) is 0 Å². The predicted molar refractivity (Wildman–Crippen MR) is 90.7 cm³/mol. The van der Waals surface area contributed by atoms with Crippen LogP contribution >= 0.6 is 0 Å². The molecule has 0 bridgehead atoms. The topological polar surface area (TPSA) is 65.1 Å². The molecule has 1 saturated heterocycles. The average molecular weight is 343 g/mol. The van der Waals surface area contributed by atoms with Gasteiger partial charge in [-0.05, 0) is 27.7 Å². The zero-order chi connectivity index (χ0) is 18.0. The number of hydrogen-bond donors (Lipinski definition) is 0. The summed E-state index contributed by atoms with van der Waals surface area (Å²) in [7, 11) is -0.0263. The van der Waals surface area contributed by atoms with E-state index in [9.17, 15) is 9.59 Å². The van der Waals surface area contributed by atoms with Crippen molar-refractivity contribution in [3.63, 3.8) is 0 Å². The van der Waals surface area contributed by atoms with Gasteiger partial charge in [0.2, 0.25) is 0 Å². The highest BCUT2D eigenvalue weighted by molar-refractivity contribution is 6.76. The lowest BCUT2D eigenvalue weighted by Crippen LogP contribution is -2.68. The third kappa shape index (κ3) is 5.44. The van der Waals surface area contributed by atoms with Gasteiger partial charge in [0.1, 0.15) is 0 Å². The highest BCUT2D eigenvalue weighted by Gasteiger charge is 2.53. The molecule has 0 aliphatic carbocycles. The number of imide groups is 1. The molecule has 0 radical (unpaired) electrons. The Kier molecular flexibility index (Phi) is 6.17. The molecule has 0 aromatic carbocycles. The van der Waals surface area contributed by atoms with Crippen molar-refractivity contribution in [2.75, 3.05) is 13.3 Å². The fourth-order valence-corrected chi connectivity index (χ4v) is 2.58. The lowest BCUT2D eigenvalue weighted by molar-refractivity contribution is -0.246. The molecule has 0 unspecified atom stereocenters. The second-order valence-electron chi connectivity index (χ2n) is 7.70. The maximum Gasteiger partial charge on any atom is 0.416 e. The molecule has 2 atom stereocenters. The van der Waals surface area contributed by atoms with Gasteiger partial charge in [-0.3, -0.25) is 4.79 Å². The highest BCUT2D eigenvalue weighted by Crippen LogP contribution is 2.30. The molecule has 0 aromatic rings. The number of ether oxygens (including phenoxy) is 3. The Morgan fingerprint density at radius 3 is 2.30 bits per heavy atom. The summed E-state index contributed by atoms with van der Waals surface area (Å²) in [4.78, 5) is 25.7. The molecule has 1 aliphatic heterocycles. The van der Waals surface area contributed by atoms with Crippen LogP contribution in [0.3, 0.4) is 0 Å². The van der Waals surface area contributed by atoms with Crippen LogP contribution in [0.1, 0.15) is 27.7 Å². The quantitative estimate of drug-likeness (QED) is 0.321. The van der Waals surface area contributed by atoms with Crippen molar-refractivity contribution >= 4 is 20.1 Å². The summed E-state index contributed by atoms with van der Waals surface area (Å²) in [5, 5.41) is 0. The summed E-state index contributed by atoms with van der Waals surface area (Å²) in [5.74, 6) is -1.29. The van der Waals surface area contributed by atoms with Crippen LogP contribution in [0.4, 0.5) is 4.79 Å². The maximum atomic E-state index is 12.3. The molecule has 2 amide bonds. The number of carbonyl (C=O) groups excluding carboxylic acids is 2. The number of carbonyl (C=O) groups is 2. The Bertz CT molecular complexity index is 491. The monoisotopic (exact) mass is 343 g/mol. The first-order valence-corrected chi connectivity index (χ1v) is 11.5. The van der Waals surface area contributed by atoms with E-state index in [1.807, 2.05) is 19.9 Å². The van der Waals surface area contributed by atoms with Crippen molar-refractivity contribution in [3.05, 3.63) is 11.6 Å². The van der Waals surface area contributed by atoms with Crippen molar-refractivity contribution in [2.45, 2.75) is 65.3 Å². The first kappa shape index (κ1) is 19.9. The van der Waals surface area contributed by atoms with Crippen molar-refractivity contribution in [2.24, 2.45) is 0 Å². The molecule has 132 valence electrons. The van der Waals surface area contributed by atoms with Gasteiger partial charge in [0.25, 0.3) is 5.91 Å². The van der Waals surface area contributed by atoms with E-state index in [0.717, 1.165) is 10.5 Å². The van der Waals surface area contributed by atoms with Crippen molar-refractivity contribution in [3.8, 4) is 0 Å². The molecule has 6 nitrogen and oxygen atoms in total. The summed E-state index contributed by atoms with van der Waals surface area (Å²) >= 11 is 0. The van der Waals surface area contributed by atoms with Gasteiger partial charge in [0.15, 0.2) is 11.9 Å². The predicted octanol–water partition coefficient (Wildman–Crippen LogP) is 2.95. The summed E-state index contributed by atoms with van der Waals surface area (Å²) in [6, 6.07) is -0.462. The molecular formula is C16H29NO5Si. The summed E-state index contributed by atoms with van der Waals surface area (Å²) in [6.07, 6.45) is 0.883. The summed E-state index contributed by atoms with van der Waals surface area (Å²) < 4.78 is 16.2. The number of likely N-dealkylation sites (tertiary alicyclic amines) is 1. The van der Waals surface area contributed by atoms with Crippen LogP contribution in [0.5, 0.6) is 0 Å². The van der Waals surface area contributed by atoms with Crippen LogP contribution in [-0.2, 0) is 19.0 Å². The molecule has 0 saturated carbocycles. The second-order valence-corrected chi connectivity index (χ2v) is 13.1. The van der Waals surface area contributed by atoms with E-state index in [1.165, 1.54) is 7.11 Å². The molecule has 0 aromatic heterocycles. The van der Waals surface area contributed by atoms with Gasteiger partial charge in [0.05, 0.1) is 20.3 Å². The number of allylic oxidation sites excluding steroid dienone is 1. The standard InChI is InChI=1S/C16H29NO5Si/c1-11(2)9-12-13(22-16(3,4)20-5)14(18)17(12)15(19)21-10-23(6,7)8/h9,12-13H,10H2,1-8H3/t12-,13+/m1/s1. The van der Waals surface area contributed by atoms with Gasteiger partial charge >= 0.3 is 6.09 Å². The molecule has 7 heteroatoms. The van der Waals surface area contributed by atoms with E-state index in [1.54, 1.807) is 13.8 Å². The molecular weight excluding hydrogens is 314 g/mol. The number of nitrogens with zero attached hydrogens (tertiary/aromatic N) is 1. The van der Waals surface area contributed by atoms with Crippen LogP contribution in [0.2, 0.25) is 19.6 Å². The number of β-lactam (4-membered cyclic amide) rings is 1. The van der Waals surface area contributed by atoms with Crippen molar-refractivity contribution in [1.29, 1.82) is 0 Å². The minimum atomic E-state index is -1.54. The molecule has 1 aliphatic rings. The van der Waals surface area contributed by atoms with E-state index < -0.39 is 38.0 Å². The number of rotatable bonds is 6. The average Bonchev–Trinajstić information content (AvgIpc) is 2.41. The zero-order valence-electron chi connectivity index (χ0n) is 15.4. The van der Waals surface area contributed by atoms with Gasteiger partial charge < -0.3 is 14.2 Å². The van der Waals surface area contributed by atoms with E-state index in [2.05, 4.69) is 19.6 Å². The van der Waals surface area contributed by atoms with Gasteiger partial charge in [-0.2, -0.15) is 0 Å². The Hall–Kier alpha value is -1.18. The zero-order valence-corrected chi connectivity index (χ0v) is 16.4. The molecule has 1 heterocycles. The fraction of sp³-hybridized carbons (Fsp3) is 0.750. The van der Waals surface area contributed by atoms with Crippen LogP contribution in [0.25, 0.3) is 0 Å². The summed E-state index contributed by atoms with van der Waals surface area (Å²) in [5.41, 5.74) is 0.995. The Labute approximate surface area is 139 Å². The smallest absolute Gasteiger partial charge is 0.416 e. The van der Waals surface area contributed by atoms with Gasteiger partial charge in [-0.1, -0.05) is 31.3 Å². The number of amides is 2. The van der Waals surface area contributed by atoms with E-state index in [-0.39, 0.29) is 0 Å². The minimum absolute atomic E-state index is 0.381. The molecule has 1 fully saturated rings. The fourth-order valence-electron chi connectivity index (χ4n) is 2.02. The first-order valence-electron chi connectivity index (χ1n) is 7.76. The van der Waals surface area contributed by atoms with Crippen LogP contribution < -0.4 is 0 Å². The normalized spacial score (nSPS) is 21.7. The molecule has 1 rings (SSSR count). The Morgan fingerprint density at radius 2 is 1.87 bits per heavy atom. The Balaban J connectivity index is 2.86. The maximum absolute atomic E-state index is 12.3. The van der Waals surface area contributed by atoms with Gasteiger partial charge in [0, 0.05) is 7.11 Å². The van der Waals surface area contributed by atoms with Crippen LogP contribution in [0, 0.1) is 0 Å². The number of hydrogen-bond acceptors (Lipinski definition) is 5. The lowest BCUT2D eigenvalue weighted by atomic mass is 9.96. The lowest BCUT2D eigenvalue weighted by Gasteiger charge is -2.45. The summed E-state index contributed by atoms with van der Waals surface area (Å²) in [6.45, 7) is 13.6. The van der Waals surface area contributed by atoms with Crippen LogP contribution in [-0.4, -0.2) is 56.2 Å². The third-order valence-corrected chi connectivity index (χ3v) is 4.33. The van der Waals surface area contributed by atoms with E-state index >= 15 is 0 Å². The minimum Gasteiger partial charge on any atom is -0.453 e. The first-order chi connectivity index (χ1) is 10.4. The van der Waals surface area contributed by atoms with E-state index in [0.29, 0.717) is 6.23 Å². The van der Waals surface area contributed by atoms with Crippen molar-refractivity contribution < 1.29 is 23.8 Å². The molecule has 0 spiro atoms. The highest BCUT2D eigenvalue weighted by atomic mass is 28.3. The Morgan fingerprint density at radius 1 is 1.30 bits per heavy atom. The van der Waals surface area contributed by atoms with Crippen molar-refractivity contribution in [1.82, 2.24) is 4.90 Å². The number of methoxy groups -OCH3 is 1. The largest absolute Gasteiger partial charge is 0.453 e. The SMILES string of the molecule is COC(C)(C)O[C@@H]1C(=O)N(C(=O)OC[Si](C)(C)C)[C@@H]1C=C(C)C. The molecule has 23 heavy (non-hydrogen) atoms. The van der Waals surface area contributed by atoms with E-state index in [4.69, 9.17) is 14.2 Å². The van der Waals surface area contributed by atoms with Gasteiger partial charge in [-0.25, -0.2) is 9.69 Å². The second kappa shape index (κ2) is 7.15. The third-order valence-electron chi connectivity index (χ3n) is 3.32. The molecule has 0 N–H and O–H groups in total. The van der Waals surface area contributed by atoms with Crippen LogP contribution in [0.15, 0.2) is 11.6 Å².